The smallest absolute Gasteiger partial charge is 0.341 e. The van der Waals surface area contributed by atoms with Crippen molar-refractivity contribution in [3.8, 4) is 11.5 Å². The molecule has 9 heteroatoms. The molecule has 0 saturated carbocycles. The van der Waals surface area contributed by atoms with Crippen molar-refractivity contribution in [2.75, 3.05) is 19.8 Å². The van der Waals surface area contributed by atoms with E-state index in [2.05, 4.69) is 12.2 Å². The van der Waals surface area contributed by atoms with Gasteiger partial charge in [0.1, 0.15) is 0 Å². The number of aliphatic carboxylic acids is 2. The number of hydrogen-bond donors (Lipinski definition) is 4. The molecule has 0 heterocycles. The quantitative estimate of drug-likeness (QED) is 0.366. The molecule has 0 spiro atoms. The van der Waals surface area contributed by atoms with Gasteiger partial charge in [0, 0.05) is 6.54 Å². The number of hydrogen-bond acceptors (Lipinski definition) is 6. The fraction of sp³-hybridized carbons (Fsp3) is 0.500. The van der Waals surface area contributed by atoms with Crippen LogP contribution in [0.25, 0.3) is 0 Å². The van der Waals surface area contributed by atoms with Crippen molar-refractivity contribution in [3.63, 3.8) is 0 Å². The second-order valence-corrected chi connectivity index (χ2v) is 5.95. The molecule has 1 amide bonds. The number of unbranched alkanes of at least 4 members (excludes halogenated alkanes) is 2. The lowest BCUT2D eigenvalue weighted by molar-refractivity contribution is -0.140. The number of carboxylic acids is 2. The molecule has 0 bridgehead atoms. The van der Waals surface area contributed by atoms with Crippen molar-refractivity contribution in [2.24, 2.45) is 5.73 Å². The zero-order valence-electron chi connectivity index (χ0n) is 15.3. The maximum absolute atomic E-state index is 12.0. The van der Waals surface area contributed by atoms with Gasteiger partial charge in [0.05, 0.1) is 6.04 Å². The maximum Gasteiger partial charge on any atom is 0.341 e. The van der Waals surface area contributed by atoms with Crippen LogP contribution in [-0.4, -0.2) is 53.9 Å². The lowest BCUT2D eigenvalue weighted by Gasteiger charge is -2.15. The highest BCUT2D eigenvalue weighted by atomic mass is 16.5. The summed E-state index contributed by atoms with van der Waals surface area (Å²) >= 11 is 0. The van der Waals surface area contributed by atoms with E-state index >= 15 is 0 Å². The van der Waals surface area contributed by atoms with Crippen molar-refractivity contribution in [1.82, 2.24) is 5.32 Å². The number of nitrogens with two attached hydrogens (primary N) is 1. The first-order valence-electron chi connectivity index (χ1n) is 8.68. The fourth-order valence-electron chi connectivity index (χ4n) is 2.25. The number of amides is 1. The Morgan fingerprint density at radius 3 is 2.30 bits per heavy atom. The first-order chi connectivity index (χ1) is 12.8. The summed E-state index contributed by atoms with van der Waals surface area (Å²) in [5, 5.41) is 20.2. The first-order valence-corrected chi connectivity index (χ1v) is 8.68. The lowest BCUT2D eigenvalue weighted by atomic mass is 10.1. The van der Waals surface area contributed by atoms with Crippen molar-refractivity contribution >= 4 is 17.8 Å². The van der Waals surface area contributed by atoms with Crippen LogP contribution >= 0.6 is 0 Å². The molecule has 0 saturated heterocycles. The van der Waals surface area contributed by atoms with E-state index in [4.69, 9.17) is 25.4 Å². The number of nitrogens with one attached hydrogen (secondary N) is 1. The van der Waals surface area contributed by atoms with E-state index in [9.17, 15) is 14.4 Å². The molecule has 0 aliphatic carbocycles. The minimum Gasteiger partial charge on any atom is -0.479 e. The van der Waals surface area contributed by atoms with Crippen LogP contribution in [0, 0.1) is 0 Å². The Morgan fingerprint density at radius 1 is 1.07 bits per heavy atom. The monoisotopic (exact) mass is 382 g/mol. The van der Waals surface area contributed by atoms with Crippen LogP contribution in [0.2, 0.25) is 0 Å². The average Bonchev–Trinajstić information content (AvgIpc) is 2.62. The summed E-state index contributed by atoms with van der Waals surface area (Å²) in [6, 6.07) is 3.80. The van der Waals surface area contributed by atoms with E-state index in [-0.39, 0.29) is 23.8 Å². The van der Waals surface area contributed by atoms with Gasteiger partial charge in [0.15, 0.2) is 24.7 Å². The second kappa shape index (κ2) is 11.7. The van der Waals surface area contributed by atoms with Gasteiger partial charge in [-0.2, -0.15) is 0 Å². The van der Waals surface area contributed by atoms with E-state index in [1.165, 1.54) is 12.1 Å². The fourth-order valence-corrected chi connectivity index (χ4v) is 2.25. The van der Waals surface area contributed by atoms with Crippen LogP contribution in [0.15, 0.2) is 18.2 Å². The molecule has 0 aliphatic rings. The van der Waals surface area contributed by atoms with Crippen LogP contribution in [0.5, 0.6) is 11.5 Å². The topological polar surface area (TPSA) is 148 Å². The maximum atomic E-state index is 12.0. The van der Waals surface area contributed by atoms with E-state index in [0.717, 1.165) is 19.3 Å². The third-order valence-corrected chi connectivity index (χ3v) is 3.58. The highest BCUT2D eigenvalue weighted by Gasteiger charge is 2.16. The van der Waals surface area contributed by atoms with Gasteiger partial charge in [-0.25, -0.2) is 9.59 Å². The van der Waals surface area contributed by atoms with Gasteiger partial charge in [-0.05, 0) is 30.5 Å². The number of benzene rings is 1. The summed E-state index contributed by atoms with van der Waals surface area (Å²) in [4.78, 5) is 33.4. The minimum absolute atomic E-state index is 0.0757. The van der Waals surface area contributed by atoms with Crippen molar-refractivity contribution < 1.29 is 34.1 Å². The van der Waals surface area contributed by atoms with E-state index in [1.54, 1.807) is 6.07 Å². The first kappa shape index (κ1) is 22.2. The molecule has 150 valence electrons. The number of carbonyl (C=O) groups excluding carboxylic acids is 1. The summed E-state index contributed by atoms with van der Waals surface area (Å²) in [5.74, 6) is -2.46. The molecule has 1 rings (SSSR count). The predicted octanol–water partition coefficient (Wildman–Crippen LogP) is 0.790. The molecule has 1 aromatic carbocycles. The molecule has 1 atom stereocenters. The van der Waals surface area contributed by atoms with Crippen LogP contribution in [0.1, 0.15) is 31.7 Å². The summed E-state index contributed by atoms with van der Waals surface area (Å²) in [6.07, 6.45) is 3.18. The number of carboxylic acid groups (broad SMARTS) is 2. The summed E-state index contributed by atoms with van der Waals surface area (Å²) in [6.45, 7) is 1.43. The SMILES string of the molecule is CCCCCNC(=O)C(N)Cc1ccc(OCC(=O)O)c(OCC(=O)O)c1. The third-order valence-electron chi connectivity index (χ3n) is 3.58. The van der Waals surface area contributed by atoms with Crippen LogP contribution < -0.4 is 20.5 Å². The zero-order chi connectivity index (χ0) is 20.2. The highest BCUT2D eigenvalue weighted by molar-refractivity contribution is 5.81. The molecular formula is C18H26N2O7. The number of carbonyl (C=O) groups is 3. The van der Waals surface area contributed by atoms with Crippen molar-refractivity contribution in [2.45, 2.75) is 38.6 Å². The molecular weight excluding hydrogens is 356 g/mol. The molecule has 5 N–H and O–H groups in total. The Bertz CT molecular complexity index is 649. The van der Waals surface area contributed by atoms with Gasteiger partial charge in [0.25, 0.3) is 0 Å². The Kier molecular flexibility index (Phi) is 9.66. The predicted molar refractivity (Wildman–Crippen MR) is 96.9 cm³/mol. The Morgan fingerprint density at radius 2 is 1.70 bits per heavy atom. The summed E-state index contributed by atoms with van der Waals surface area (Å²) in [7, 11) is 0. The molecule has 1 unspecified atom stereocenters. The third kappa shape index (κ3) is 8.91. The van der Waals surface area contributed by atoms with Gasteiger partial charge in [-0.15, -0.1) is 0 Å². The van der Waals surface area contributed by atoms with Gasteiger partial charge in [0.2, 0.25) is 5.91 Å². The van der Waals surface area contributed by atoms with E-state index < -0.39 is 31.2 Å². The zero-order valence-corrected chi connectivity index (χ0v) is 15.3. The Balaban J connectivity index is 2.75. The van der Waals surface area contributed by atoms with Crippen LogP contribution in [-0.2, 0) is 20.8 Å². The molecule has 9 nitrogen and oxygen atoms in total. The molecule has 27 heavy (non-hydrogen) atoms. The van der Waals surface area contributed by atoms with Gasteiger partial charge >= 0.3 is 11.9 Å². The summed E-state index contributed by atoms with van der Waals surface area (Å²) < 4.78 is 10.2. The molecule has 0 fully saturated rings. The van der Waals surface area contributed by atoms with Gasteiger partial charge in [-0.1, -0.05) is 25.8 Å². The van der Waals surface area contributed by atoms with E-state index in [1.807, 2.05) is 0 Å². The minimum atomic E-state index is -1.19. The van der Waals surface area contributed by atoms with Crippen molar-refractivity contribution in [1.29, 1.82) is 0 Å². The molecule has 0 radical (unpaired) electrons. The molecule has 0 aromatic heterocycles. The largest absolute Gasteiger partial charge is 0.479 e. The molecule has 0 aliphatic heterocycles. The van der Waals surface area contributed by atoms with Gasteiger partial charge < -0.3 is 30.7 Å². The average molecular weight is 382 g/mol. The van der Waals surface area contributed by atoms with E-state index in [0.29, 0.717) is 12.1 Å². The van der Waals surface area contributed by atoms with Crippen LogP contribution in [0.3, 0.4) is 0 Å². The van der Waals surface area contributed by atoms with Crippen LogP contribution in [0.4, 0.5) is 0 Å². The second-order valence-electron chi connectivity index (χ2n) is 5.95. The summed E-state index contributed by atoms with van der Waals surface area (Å²) in [5.41, 5.74) is 6.55. The highest BCUT2D eigenvalue weighted by Crippen LogP contribution is 2.29. The normalized spacial score (nSPS) is 11.5. The molecule has 1 aromatic rings. The van der Waals surface area contributed by atoms with Crippen molar-refractivity contribution in [3.05, 3.63) is 23.8 Å². The number of rotatable bonds is 13. The lowest BCUT2D eigenvalue weighted by Crippen LogP contribution is -2.42. The number of ether oxygens (including phenoxy) is 2. The van der Waals surface area contributed by atoms with Gasteiger partial charge in [-0.3, -0.25) is 4.79 Å². The standard InChI is InChI=1S/C18H26N2O7/c1-2-3-4-7-20-18(25)13(19)8-12-5-6-14(26-10-16(21)22)15(9-12)27-11-17(23)24/h5-6,9,13H,2-4,7-8,10-11,19H2,1H3,(H,20,25)(H,21,22)(H,23,24). The Labute approximate surface area is 157 Å². The Hall–Kier alpha value is -2.81.